The SMILES string of the molecule is Cc1ccccc1OCC(=O)ON=C(N)c1cc[nH+]cc1. The summed E-state index contributed by atoms with van der Waals surface area (Å²) in [7, 11) is 0. The van der Waals surface area contributed by atoms with Crippen LogP contribution in [0.2, 0.25) is 0 Å². The second kappa shape index (κ2) is 7.04. The molecule has 0 bridgehead atoms. The lowest BCUT2D eigenvalue weighted by molar-refractivity contribution is -0.378. The van der Waals surface area contributed by atoms with Crippen molar-refractivity contribution in [2.75, 3.05) is 6.61 Å². The third kappa shape index (κ3) is 4.31. The highest BCUT2D eigenvalue weighted by Gasteiger charge is 2.07. The fourth-order valence-electron chi connectivity index (χ4n) is 1.59. The molecule has 0 saturated carbocycles. The van der Waals surface area contributed by atoms with Gasteiger partial charge in [-0.05, 0) is 18.6 Å². The maximum atomic E-state index is 11.5. The Morgan fingerprint density at radius 1 is 1.24 bits per heavy atom. The van der Waals surface area contributed by atoms with Crippen molar-refractivity contribution >= 4 is 11.8 Å². The summed E-state index contributed by atoms with van der Waals surface area (Å²) < 4.78 is 5.35. The number of amidine groups is 1. The number of aromatic amines is 1. The molecule has 0 aliphatic rings. The first-order chi connectivity index (χ1) is 10.2. The largest absolute Gasteiger partial charge is 0.482 e. The number of aromatic nitrogens is 1. The number of hydrogen-bond acceptors (Lipinski definition) is 4. The van der Waals surface area contributed by atoms with E-state index in [1.165, 1.54) is 0 Å². The van der Waals surface area contributed by atoms with Crippen LogP contribution in [-0.4, -0.2) is 18.4 Å². The lowest BCUT2D eigenvalue weighted by atomic mass is 10.2. The molecule has 0 unspecified atom stereocenters. The first-order valence-electron chi connectivity index (χ1n) is 6.35. The fourth-order valence-corrected chi connectivity index (χ4v) is 1.59. The third-order valence-corrected chi connectivity index (χ3v) is 2.70. The van der Waals surface area contributed by atoms with Crippen LogP contribution in [-0.2, 0) is 9.63 Å². The minimum atomic E-state index is -0.622. The molecular weight excluding hydrogens is 270 g/mol. The van der Waals surface area contributed by atoms with Crippen LogP contribution in [0.5, 0.6) is 5.75 Å². The van der Waals surface area contributed by atoms with Gasteiger partial charge in [0.1, 0.15) is 5.75 Å². The summed E-state index contributed by atoms with van der Waals surface area (Å²) in [4.78, 5) is 19.1. The quantitative estimate of drug-likeness (QED) is 0.385. The number of hydrogen-bond donors (Lipinski definition) is 1. The second-order valence-corrected chi connectivity index (χ2v) is 4.28. The summed E-state index contributed by atoms with van der Waals surface area (Å²) in [6.07, 6.45) is 3.39. The van der Waals surface area contributed by atoms with E-state index in [0.29, 0.717) is 11.3 Å². The monoisotopic (exact) mass is 286 g/mol. The van der Waals surface area contributed by atoms with Crippen molar-refractivity contribution in [2.24, 2.45) is 10.9 Å². The Morgan fingerprint density at radius 3 is 2.67 bits per heavy atom. The Hall–Kier alpha value is -2.89. The van der Waals surface area contributed by atoms with Gasteiger partial charge >= 0.3 is 5.97 Å². The van der Waals surface area contributed by atoms with E-state index in [4.69, 9.17) is 15.3 Å². The van der Waals surface area contributed by atoms with Crippen LogP contribution in [0.25, 0.3) is 0 Å². The number of aryl methyl sites for hydroxylation is 1. The highest BCUT2D eigenvalue weighted by atomic mass is 16.7. The predicted molar refractivity (Wildman–Crippen MR) is 76.5 cm³/mol. The first kappa shape index (κ1) is 14.5. The normalized spacial score (nSPS) is 11.0. The standard InChI is InChI=1S/C15H15N3O3/c1-11-4-2-3-5-13(11)20-10-14(19)21-18-15(16)12-6-8-17-9-7-12/h2-9H,10H2,1H3,(H2,16,18)/p+1. The van der Waals surface area contributed by atoms with Crippen molar-refractivity contribution in [3.8, 4) is 5.75 Å². The number of nitrogens with one attached hydrogen (secondary N) is 1. The molecule has 0 aliphatic carbocycles. The molecule has 1 aromatic carbocycles. The van der Waals surface area contributed by atoms with Crippen molar-refractivity contribution in [3.05, 3.63) is 59.9 Å². The summed E-state index contributed by atoms with van der Waals surface area (Å²) in [5.74, 6) is 0.127. The third-order valence-electron chi connectivity index (χ3n) is 2.70. The topological polar surface area (TPSA) is 88.0 Å². The van der Waals surface area contributed by atoms with E-state index in [2.05, 4.69) is 10.1 Å². The molecule has 108 valence electrons. The molecule has 0 radical (unpaired) electrons. The van der Waals surface area contributed by atoms with E-state index in [9.17, 15) is 4.79 Å². The van der Waals surface area contributed by atoms with Crippen molar-refractivity contribution < 1.29 is 19.4 Å². The van der Waals surface area contributed by atoms with Crippen LogP contribution in [0.3, 0.4) is 0 Å². The Labute approximate surface area is 122 Å². The van der Waals surface area contributed by atoms with Crippen molar-refractivity contribution in [1.82, 2.24) is 0 Å². The molecule has 0 saturated heterocycles. The van der Waals surface area contributed by atoms with Crippen LogP contribution in [0.1, 0.15) is 11.1 Å². The van der Waals surface area contributed by atoms with Gasteiger partial charge in [0.15, 0.2) is 24.8 Å². The van der Waals surface area contributed by atoms with Gasteiger partial charge in [-0.2, -0.15) is 0 Å². The van der Waals surface area contributed by atoms with Crippen LogP contribution >= 0.6 is 0 Å². The van der Waals surface area contributed by atoms with E-state index < -0.39 is 5.97 Å². The maximum Gasteiger partial charge on any atom is 0.372 e. The van der Waals surface area contributed by atoms with E-state index in [1.54, 1.807) is 30.6 Å². The second-order valence-electron chi connectivity index (χ2n) is 4.28. The van der Waals surface area contributed by atoms with Gasteiger partial charge < -0.3 is 15.3 Å². The van der Waals surface area contributed by atoms with Crippen LogP contribution in [0, 0.1) is 6.92 Å². The highest BCUT2D eigenvalue weighted by Crippen LogP contribution is 2.15. The van der Waals surface area contributed by atoms with E-state index in [0.717, 1.165) is 5.56 Å². The molecule has 21 heavy (non-hydrogen) atoms. The summed E-state index contributed by atoms with van der Waals surface area (Å²) in [5.41, 5.74) is 7.29. The van der Waals surface area contributed by atoms with Gasteiger partial charge in [0.05, 0.1) is 0 Å². The van der Waals surface area contributed by atoms with E-state index in [-0.39, 0.29) is 12.4 Å². The lowest BCUT2D eigenvalue weighted by Gasteiger charge is -2.06. The lowest BCUT2D eigenvalue weighted by Crippen LogP contribution is -2.18. The molecule has 6 nitrogen and oxygen atoms in total. The van der Waals surface area contributed by atoms with Crippen molar-refractivity contribution in [3.63, 3.8) is 0 Å². The van der Waals surface area contributed by atoms with Crippen molar-refractivity contribution in [2.45, 2.75) is 6.92 Å². The average Bonchev–Trinajstić information content (AvgIpc) is 2.52. The Bertz CT molecular complexity index is 642. The molecule has 2 rings (SSSR count). The minimum Gasteiger partial charge on any atom is -0.482 e. The summed E-state index contributed by atoms with van der Waals surface area (Å²) in [6.45, 7) is 1.66. The van der Waals surface area contributed by atoms with Gasteiger partial charge in [0.2, 0.25) is 0 Å². The van der Waals surface area contributed by atoms with Gasteiger partial charge in [-0.3, -0.25) is 0 Å². The smallest absolute Gasteiger partial charge is 0.372 e. The Balaban J connectivity index is 1.87. The minimum absolute atomic E-state index is 0.119. The van der Waals surface area contributed by atoms with Gasteiger partial charge in [-0.25, -0.2) is 9.78 Å². The van der Waals surface area contributed by atoms with E-state index >= 15 is 0 Å². The fraction of sp³-hybridized carbons (Fsp3) is 0.133. The molecule has 6 heteroatoms. The Morgan fingerprint density at radius 2 is 1.95 bits per heavy atom. The number of oxime groups is 1. The highest BCUT2D eigenvalue weighted by molar-refractivity contribution is 5.97. The maximum absolute atomic E-state index is 11.5. The number of ether oxygens (including phenoxy) is 1. The molecule has 2 aromatic rings. The number of carbonyl (C=O) groups excluding carboxylic acids is 1. The number of para-hydroxylation sites is 1. The van der Waals surface area contributed by atoms with Gasteiger partial charge in [0.25, 0.3) is 0 Å². The summed E-state index contributed by atoms with van der Waals surface area (Å²) in [6, 6.07) is 10.8. The molecule has 3 N–H and O–H groups in total. The number of nitrogens with zero attached hydrogens (tertiary/aromatic N) is 1. The zero-order chi connectivity index (χ0) is 15.1. The number of pyridine rings is 1. The number of carbonyl (C=O) groups is 1. The van der Waals surface area contributed by atoms with Crippen LogP contribution in [0.15, 0.2) is 53.9 Å². The van der Waals surface area contributed by atoms with Crippen LogP contribution < -0.4 is 15.5 Å². The van der Waals surface area contributed by atoms with Gasteiger partial charge in [-0.15, -0.1) is 0 Å². The number of benzene rings is 1. The van der Waals surface area contributed by atoms with E-state index in [1.807, 2.05) is 25.1 Å². The Kier molecular flexibility index (Phi) is 4.87. The molecule has 1 heterocycles. The predicted octanol–water partition coefficient (Wildman–Crippen LogP) is 1.05. The molecule has 0 spiro atoms. The molecule has 1 aromatic heterocycles. The first-order valence-corrected chi connectivity index (χ1v) is 6.35. The van der Waals surface area contributed by atoms with Crippen LogP contribution in [0.4, 0.5) is 0 Å². The molecule has 0 aliphatic heterocycles. The number of H-pyrrole nitrogens is 1. The van der Waals surface area contributed by atoms with Crippen molar-refractivity contribution in [1.29, 1.82) is 0 Å². The molecular formula is C15H16N3O3+. The molecule has 0 atom stereocenters. The van der Waals surface area contributed by atoms with Gasteiger partial charge in [0, 0.05) is 17.7 Å². The number of nitrogens with two attached hydrogens (primary N) is 1. The molecule has 0 fully saturated rings. The van der Waals surface area contributed by atoms with Gasteiger partial charge in [-0.1, -0.05) is 23.4 Å². The zero-order valence-corrected chi connectivity index (χ0v) is 11.6. The molecule has 0 amide bonds. The summed E-state index contributed by atoms with van der Waals surface area (Å²) >= 11 is 0. The average molecular weight is 286 g/mol. The summed E-state index contributed by atoms with van der Waals surface area (Å²) in [5, 5.41) is 3.58. The zero-order valence-electron chi connectivity index (χ0n) is 11.6. The number of rotatable bonds is 5.